The van der Waals surface area contributed by atoms with Gasteiger partial charge in [-0.3, -0.25) is 19.2 Å². The standard InChI is InChI=1S/C26H44O10/c1-23(2,3)19(28)32-13-14-15(34-20(29)24(4,5)6)16(35-21(30)25(7,8)9)17(18(27)33-14)36-22(31)26(10,11)12/h14-18,27H,13H2,1-12H3/t14-,15-,16+,17-,18?/m1/s1/i1D,4D,7D,10D. The largest absolute Gasteiger partial charge is 0.462 e. The van der Waals surface area contributed by atoms with Crippen LogP contribution in [0.3, 0.4) is 0 Å². The van der Waals surface area contributed by atoms with E-state index >= 15 is 0 Å². The highest BCUT2D eigenvalue weighted by Gasteiger charge is 2.54. The summed E-state index contributed by atoms with van der Waals surface area (Å²) in [6.07, 6.45) is -8.34. The molecule has 1 aliphatic rings. The Morgan fingerprint density at radius 1 is 0.667 bits per heavy atom. The van der Waals surface area contributed by atoms with Gasteiger partial charge in [0.2, 0.25) is 0 Å². The van der Waals surface area contributed by atoms with Gasteiger partial charge in [0.25, 0.3) is 0 Å². The minimum Gasteiger partial charge on any atom is -0.462 e. The van der Waals surface area contributed by atoms with Gasteiger partial charge in [-0.05, 0) is 83.0 Å². The quantitative estimate of drug-likeness (QED) is 0.425. The van der Waals surface area contributed by atoms with E-state index in [2.05, 4.69) is 0 Å². The maximum atomic E-state index is 13.1. The first-order chi connectivity index (χ1) is 18.2. The average molecular weight is 521 g/mol. The molecule has 0 bridgehead atoms. The third-order valence-electron chi connectivity index (χ3n) is 4.93. The number of aliphatic hydroxyl groups excluding tert-OH is 1. The van der Waals surface area contributed by atoms with Crippen LogP contribution in [0.25, 0.3) is 0 Å². The molecule has 0 radical (unpaired) electrons. The van der Waals surface area contributed by atoms with Crippen LogP contribution in [0.1, 0.15) is 88.5 Å². The number of aliphatic hydroxyl groups is 1. The Hall–Kier alpha value is -2.20. The molecule has 1 aliphatic heterocycles. The minimum atomic E-state index is -1.94. The van der Waals surface area contributed by atoms with Crippen molar-refractivity contribution in [1.29, 1.82) is 0 Å². The third kappa shape index (κ3) is 8.73. The topological polar surface area (TPSA) is 135 Å². The zero-order chi connectivity index (χ0) is 31.3. The van der Waals surface area contributed by atoms with Crippen molar-refractivity contribution < 1.29 is 53.5 Å². The summed E-state index contributed by atoms with van der Waals surface area (Å²) in [5.41, 5.74) is -5.16. The van der Waals surface area contributed by atoms with Crippen LogP contribution in [-0.4, -0.2) is 66.3 Å². The fraction of sp³-hybridized carbons (Fsp3) is 0.846. The van der Waals surface area contributed by atoms with Crippen molar-refractivity contribution in [3.05, 3.63) is 0 Å². The van der Waals surface area contributed by atoms with Gasteiger partial charge in [-0.2, -0.15) is 0 Å². The SMILES string of the molecule is [2H]CC(C)(C)C(=O)OC[C@H]1OC(O)[C@H](OC(=O)C(C)(C)C[2H])[C@@H](OC(=O)C(C)(C)C[2H])[C@@H]1OC(=O)C(C)(C)C[2H]. The Bertz CT molecular complexity index is 921. The zero-order valence-corrected chi connectivity index (χ0v) is 22.5. The third-order valence-corrected chi connectivity index (χ3v) is 4.93. The first-order valence-corrected chi connectivity index (χ1v) is 11.5. The number of carbonyl (C=O) groups excluding carboxylic acids is 4. The van der Waals surface area contributed by atoms with Crippen molar-refractivity contribution in [2.24, 2.45) is 21.7 Å². The summed E-state index contributed by atoms with van der Waals surface area (Å²) < 4.78 is 58.3. The molecular formula is C26H44O10. The zero-order valence-electron chi connectivity index (χ0n) is 26.5. The molecule has 0 aliphatic carbocycles. The molecule has 1 rings (SSSR count). The molecule has 1 saturated heterocycles. The number of carbonyl (C=O) groups is 4. The Morgan fingerprint density at radius 2 is 1.03 bits per heavy atom. The van der Waals surface area contributed by atoms with Gasteiger partial charge < -0.3 is 28.8 Å². The molecule has 0 amide bonds. The number of hydrogen-bond donors (Lipinski definition) is 1. The molecule has 1 N–H and O–H groups in total. The van der Waals surface area contributed by atoms with E-state index in [1.807, 2.05) is 0 Å². The molecule has 10 heteroatoms. The van der Waals surface area contributed by atoms with E-state index in [9.17, 15) is 24.3 Å². The van der Waals surface area contributed by atoms with Crippen LogP contribution in [0.4, 0.5) is 0 Å². The molecule has 0 aromatic heterocycles. The Balaban J connectivity index is 3.60. The van der Waals surface area contributed by atoms with Crippen LogP contribution >= 0.6 is 0 Å². The number of esters is 4. The van der Waals surface area contributed by atoms with E-state index < -0.39 is 82.8 Å². The van der Waals surface area contributed by atoms with E-state index in [0.717, 1.165) is 0 Å². The first-order valence-electron chi connectivity index (χ1n) is 14.3. The lowest BCUT2D eigenvalue weighted by atomic mass is 9.93. The molecule has 208 valence electrons. The van der Waals surface area contributed by atoms with Crippen molar-refractivity contribution in [3.63, 3.8) is 0 Å². The molecule has 36 heavy (non-hydrogen) atoms. The number of hydrogen-bond acceptors (Lipinski definition) is 10. The van der Waals surface area contributed by atoms with E-state index in [0.29, 0.717) is 0 Å². The predicted molar refractivity (Wildman–Crippen MR) is 129 cm³/mol. The second-order valence-electron chi connectivity index (χ2n) is 11.8. The Labute approximate surface area is 219 Å². The second-order valence-corrected chi connectivity index (χ2v) is 11.8. The van der Waals surface area contributed by atoms with E-state index in [4.69, 9.17) is 29.2 Å². The predicted octanol–water partition coefficient (Wildman–Crippen LogP) is 3.17. The van der Waals surface area contributed by atoms with E-state index in [-0.39, 0.29) is 27.6 Å². The van der Waals surface area contributed by atoms with Gasteiger partial charge >= 0.3 is 23.9 Å². The molecular weight excluding hydrogens is 472 g/mol. The van der Waals surface area contributed by atoms with Crippen LogP contribution in [0.2, 0.25) is 0 Å². The fourth-order valence-electron chi connectivity index (χ4n) is 2.63. The lowest BCUT2D eigenvalue weighted by molar-refractivity contribution is -0.300. The lowest BCUT2D eigenvalue weighted by Crippen LogP contribution is -2.63. The highest BCUT2D eigenvalue weighted by molar-refractivity contribution is 5.78. The summed E-state index contributed by atoms with van der Waals surface area (Å²) >= 11 is 0. The fourth-order valence-corrected chi connectivity index (χ4v) is 2.63. The highest BCUT2D eigenvalue weighted by atomic mass is 16.7. The maximum absolute atomic E-state index is 13.1. The van der Waals surface area contributed by atoms with Crippen LogP contribution in [0.5, 0.6) is 0 Å². The van der Waals surface area contributed by atoms with Gasteiger partial charge in [0.1, 0.15) is 12.7 Å². The summed E-state index contributed by atoms with van der Waals surface area (Å²) in [5, 5.41) is 10.9. The van der Waals surface area contributed by atoms with Crippen molar-refractivity contribution >= 4 is 23.9 Å². The van der Waals surface area contributed by atoms with Crippen molar-refractivity contribution in [2.75, 3.05) is 6.61 Å². The first kappa shape index (κ1) is 25.4. The Kier molecular flexibility index (Phi) is 7.81. The van der Waals surface area contributed by atoms with E-state index in [1.54, 1.807) is 0 Å². The maximum Gasteiger partial charge on any atom is 0.311 e. The van der Waals surface area contributed by atoms with Gasteiger partial charge in [0, 0.05) is 5.48 Å². The molecule has 5 atom stereocenters. The summed E-state index contributed by atoms with van der Waals surface area (Å²) in [7, 11) is 0. The van der Waals surface area contributed by atoms with Crippen LogP contribution in [0, 0.1) is 21.7 Å². The van der Waals surface area contributed by atoms with Crippen molar-refractivity contribution in [1.82, 2.24) is 0 Å². The Morgan fingerprint density at radius 3 is 1.44 bits per heavy atom. The normalized spacial score (nSPS) is 27.0. The minimum absolute atomic E-state index is 0.289. The summed E-state index contributed by atoms with van der Waals surface area (Å²) in [6.45, 7) is 9.63. The van der Waals surface area contributed by atoms with Gasteiger partial charge in [-0.1, -0.05) is 0 Å². The van der Waals surface area contributed by atoms with E-state index in [1.165, 1.54) is 55.4 Å². The molecule has 0 spiro atoms. The molecule has 1 heterocycles. The molecule has 10 nitrogen and oxygen atoms in total. The van der Waals surface area contributed by atoms with Gasteiger partial charge in [-0.15, -0.1) is 0 Å². The van der Waals surface area contributed by atoms with Crippen LogP contribution in [-0.2, 0) is 42.9 Å². The molecule has 0 aromatic carbocycles. The van der Waals surface area contributed by atoms with Crippen LogP contribution in [0.15, 0.2) is 0 Å². The molecule has 0 saturated carbocycles. The molecule has 1 fully saturated rings. The number of rotatable bonds is 5. The van der Waals surface area contributed by atoms with Gasteiger partial charge in [0.15, 0.2) is 24.6 Å². The number of ether oxygens (including phenoxy) is 5. The van der Waals surface area contributed by atoms with Gasteiger partial charge in [0.05, 0.1) is 21.7 Å². The molecule has 0 aromatic rings. The van der Waals surface area contributed by atoms with Crippen LogP contribution < -0.4 is 0 Å². The van der Waals surface area contributed by atoms with Crippen molar-refractivity contribution in [3.8, 4) is 0 Å². The average Bonchev–Trinajstić information content (AvgIpc) is 2.89. The summed E-state index contributed by atoms with van der Waals surface area (Å²) in [6, 6.07) is 0. The molecule has 1 unspecified atom stereocenters. The summed E-state index contributed by atoms with van der Waals surface area (Å²) in [4.78, 5) is 51.5. The van der Waals surface area contributed by atoms with Gasteiger partial charge in [-0.25, -0.2) is 0 Å². The highest BCUT2D eigenvalue weighted by Crippen LogP contribution is 2.33. The summed E-state index contributed by atoms with van der Waals surface area (Å²) in [5.74, 6) is -3.51. The monoisotopic (exact) mass is 520 g/mol. The smallest absolute Gasteiger partial charge is 0.311 e. The van der Waals surface area contributed by atoms with Crippen molar-refractivity contribution in [2.45, 2.75) is 114 Å². The lowest BCUT2D eigenvalue weighted by Gasteiger charge is -2.44. The second kappa shape index (κ2) is 11.0.